The maximum Gasteiger partial charge on any atom is 0.250 e. The van der Waals surface area contributed by atoms with Gasteiger partial charge in [-0.2, -0.15) is 5.10 Å². The second kappa shape index (κ2) is 13.7. The maximum atomic E-state index is 12.7. The van der Waals surface area contributed by atoms with Gasteiger partial charge in [-0.1, -0.05) is 58.0 Å². The van der Waals surface area contributed by atoms with Crippen molar-refractivity contribution in [1.29, 1.82) is 0 Å². The van der Waals surface area contributed by atoms with Gasteiger partial charge in [0.2, 0.25) is 0 Å². The van der Waals surface area contributed by atoms with Crippen molar-refractivity contribution in [2.45, 2.75) is 11.8 Å². The molecule has 0 saturated heterocycles. The molecule has 0 atom stereocenters. The fourth-order valence-electron chi connectivity index (χ4n) is 3.87. The summed E-state index contributed by atoms with van der Waals surface area (Å²) in [6.45, 7) is 0.374. The molecule has 0 aliphatic heterocycles. The third-order valence-electron chi connectivity index (χ3n) is 5.81. The van der Waals surface area contributed by atoms with Crippen molar-refractivity contribution in [1.82, 2.24) is 25.2 Å². The van der Waals surface area contributed by atoms with Gasteiger partial charge in [-0.25, -0.2) is 5.43 Å². The van der Waals surface area contributed by atoms with E-state index in [0.29, 0.717) is 34.7 Å². The molecule has 1 N–H and O–H groups in total. The van der Waals surface area contributed by atoms with Crippen LogP contribution in [0.1, 0.15) is 11.1 Å². The Morgan fingerprint density at radius 3 is 2.63 bits per heavy atom. The lowest BCUT2D eigenvalue weighted by atomic mass is 10.2. The van der Waals surface area contributed by atoms with Gasteiger partial charge >= 0.3 is 0 Å². The molecule has 0 spiro atoms. The highest BCUT2D eigenvalue weighted by Gasteiger charge is 2.17. The maximum absolute atomic E-state index is 12.7. The quantitative estimate of drug-likeness (QED) is 0.110. The van der Waals surface area contributed by atoms with E-state index in [1.54, 1.807) is 25.6 Å². The van der Waals surface area contributed by atoms with E-state index in [9.17, 15) is 4.79 Å². The molecule has 11 heteroatoms. The molecule has 41 heavy (non-hydrogen) atoms. The molecule has 9 nitrogen and oxygen atoms in total. The number of ether oxygens (including phenoxy) is 2. The van der Waals surface area contributed by atoms with Gasteiger partial charge in [-0.3, -0.25) is 14.3 Å². The molecular weight excluding hydrogens is 604 g/mol. The summed E-state index contributed by atoms with van der Waals surface area (Å²) in [5.74, 6) is 1.71. The van der Waals surface area contributed by atoms with Crippen LogP contribution in [0.4, 0.5) is 0 Å². The number of hydrogen-bond acceptors (Lipinski definition) is 8. The lowest BCUT2D eigenvalue weighted by molar-refractivity contribution is -0.118. The molecule has 5 aromatic rings. The summed E-state index contributed by atoms with van der Waals surface area (Å²) >= 11 is 4.75. The van der Waals surface area contributed by atoms with Gasteiger partial charge < -0.3 is 9.47 Å². The number of benzene rings is 3. The molecule has 0 fully saturated rings. The minimum atomic E-state index is -0.293. The van der Waals surface area contributed by atoms with Gasteiger partial charge in [0.05, 0.1) is 19.1 Å². The van der Waals surface area contributed by atoms with Crippen LogP contribution >= 0.6 is 27.7 Å². The summed E-state index contributed by atoms with van der Waals surface area (Å²) in [6.07, 6.45) is 4.95. The number of thioether (sulfide) groups is 1. The second-order valence-corrected chi connectivity index (χ2v) is 10.5. The number of para-hydroxylation sites is 1. The average Bonchev–Trinajstić information content (AvgIpc) is 3.44. The number of hydrazone groups is 1. The van der Waals surface area contributed by atoms with Gasteiger partial charge in [0.25, 0.3) is 5.91 Å². The molecule has 0 radical (unpaired) electrons. The standard InChI is InChI=1S/C30H25BrN6O3S/c1-39-26-10-11-27(40-19-21-6-5-7-24(31)16-21)23(17-26)18-33-34-28(38)20-41-30-36-35-29(22-12-14-32-15-13-22)37(30)25-8-3-2-4-9-25/h2-18H,19-20H2,1H3,(H,34,38)/b33-18-. The van der Waals surface area contributed by atoms with Crippen molar-refractivity contribution in [3.05, 3.63) is 113 Å². The first-order valence-corrected chi connectivity index (χ1v) is 14.3. The molecule has 0 unspecified atom stereocenters. The van der Waals surface area contributed by atoms with Crippen LogP contribution in [-0.4, -0.2) is 44.7 Å². The van der Waals surface area contributed by atoms with Gasteiger partial charge in [-0.05, 0) is 60.2 Å². The van der Waals surface area contributed by atoms with Crippen molar-refractivity contribution in [2.75, 3.05) is 12.9 Å². The van der Waals surface area contributed by atoms with Crippen LogP contribution in [0.2, 0.25) is 0 Å². The highest BCUT2D eigenvalue weighted by Crippen LogP contribution is 2.28. The van der Waals surface area contributed by atoms with E-state index in [0.717, 1.165) is 21.3 Å². The fourth-order valence-corrected chi connectivity index (χ4v) is 5.06. The molecule has 3 aromatic carbocycles. The van der Waals surface area contributed by atoms with Crippen LogP contribution in [0.15, 0.2) is 112 Å². The number of carbonyl (C=O) groups excluding carboxylic acids is 1. The Morgan fingerprint density at radius 2 is 1.85 bits per heavy atom. The number of hydrogen-bond donors (Lipinski definition) is 1. The Hall–Kier alpha value is -4.48. The number of nitrogens with one attached hydrogen (secondary N) is 1. The second-order valence-electron chi connectivity index (χ2n) is 8.62. The highest BCUT2D eigenvalue weighted by molar-refractivity contribution is 9.10. The van der Waals surface area contributed by atoms with Crippen molar-refractivity contribution >= 4 is 39.8 Å². The summed E-state index contributed by atoms with van der Waals surface area (Å²) in [6, 6.07) is 26.8. The van der Waals surface area contributed by atoms with Crippen molar-refractivity contribution < 1.29 is 14.3 Å². The van der Waals surface area contributed by atoms with Crippen molar-refractivity contribution in [3.8, 4) is 28.6 Å². The molecule has 2 aromatic heterocycles. The Labute approximate surface area is 249 Å². The minimum Gasteiger partial charge on any atom is -0.497 e. The lowest BCUT2D eigenvalue weighted by Gasteiger charge is -2.11. The van der Waals surface area contributed by atoms with Crippen molar-refractivity contribution in [2.24, 2.45) is 5.10 Å². The monoisotopic (exact) mass is 628 g/mol. The Bertz CT molecular complexity index is 1650. The van der Waals surface area contributed by atoms with Crippen LogP contribution in [0.5, 0.6) is 11.5 Å². The summed E-state index contributed by atoms with van der Waals surface area (Å²) < 4.78 is 14.3. The highest BCUT2D eigenvalue weighted by atomic mass is 79.9. The predicted octanol–water partition coefficient (Wildman–Crippen LogP) is 5.92. The third kappa shape index (κ3) is 7.38. The summed E-state index contributed by atoms with van der Waals surface area (Å²) in [5, 5.41) is 13.5. The first-order chi connectivity index (χ1) is 20.1. The van der Waals surface area contributed by atoms with Gasteiger partial charge in [0.1, 0.15) is 18.1 Å². The largest absolute Gasteiger partial charge is 0.497 e. The third-order valence-corrected chi connectivity index (χ3v) is 7.23. The van der Waals surface area contributed by atoms with Crippen LogP contribution in [-0.2, 0) is 11.4 Å². The number of aromatic nitrogens is 4. The fraction of sp³-hybridized carbons (Fsp3) is 0.100. The van der Waals surface area contributed by atoms with E-state index >= 15 is 0 Å². The molecule has 206 valence electrons. The normalized spacial score (nSPS) is 11.0. The lowest BCUT2D eigenvalue weighted by Crippen LogP contribution is -2.20. The van der Waals surface area contributed by atoms with E-state index < -0.39 is 0 Å². The van der Waals surface area contributed by atoms with Gasteiger partial charge in [0, 0.05) is 33.7 Å². The number of nitrogens with zero attached hydrogens (tertiary/aromatic N) is 5. The Balaban J connectivity index is 1.26. The number of carbonyl (C=O) groups is 1. The zero-order valence-electron chi connectivity index (χ0n) is 22.0. The molecular formula is C30H25BrN6O3S. The number of pyridine rings is 1. The van der Waals surface area contributed by atoms with E-state index in [1.165, 1.54) is 18.0 Å². The molecule has 5 rings (SSSR count). The smallest absolute Gasteiger partial charge is 0.250 e. The van der Waals surface area contributed by atoms with Gasteiger partial charge in [-0.15, -0.1) is 10.2 Å². The van der Waals surface area contributed by atoms with Crippen LogP contribution in [0.25, 0.3) is 17.1 Å². The van der Waals surface area contributed by atoms with Crippen LogP contribution in [0.3, 0.4) is 0 Å². The summed E-state index contributed by atoms with van der Waals surface area (Å²) in [4.78, 5) is 16.8. The van der Waals surface area contributed by atoms with Crippen LogP contribution in [0, 0.1) is 0 Å². The van der Waals surface area contributed by atoms with Crippen LogP contribution < -0.4 is 14.9 Å². The molecule has 0 bridgehead atoms. The SMILES string of the molecule is COc1ccc(OCc2cccc(Br)c2)c(/C=N\NC(=O)CSc2nnc(-c3ccncc3)n2-c2ccccc2)c1. The van der Waals surface area contributed by atoms with E-state index in [1.807, 2.05) is 83.4 Å². The number of rotatable bonds is 11. The minimum absolute atomic E-state index is 0.0863. The number of amides is 1. The molecule has 0 aliphatic carbocycles. The molecule has 1 amide bonds. The Kier molecular flexibility index (Phi) is 9.40. The first kappa shape index (κ1) is 28.1. The summed E-state index contributed by atoms with van der Waals surface area (Å²) in [5.41, 5.74) is 6.02. The molecule has 2 heterocycles. The number of halogens is 1. The zero-order valence-corrected chi connectivity index (χ0v) is 24.4. The average molecular weight is 630 g/mol. The molecule has 0 aliphatic rings. The van der Waals surface area contributed by atoms with E-state index in [4.69, 9.17) is 9.47 Å². The Morgan fingerprint density at radius 1 is 1.02 bits per heavy atom. The molecule has 0 saturated carbocycles. The van der Waals surface area contributed by atoms with E-state index in [2.05, 4.69) is 41.6 Å². The predicted molar refractivity (Wildman–Crippen MR) is 163 cm³/mol. The topological polar surface area (TPSA) is 104 Å². The first-order valence-electron chi connectivity index (χ1n) is 12.5. The van der Waals surface area contributed by atoms with Crippen molar-refractivity contribution in [3.63, 3.8) is 0 Å². The van der Waals surface area contributed by atoms with E-state index in [-0.39, 0.29) is 11.7 Å². The number of methoxy groups -OCH3 is 1. The van der Waals surface area contributed by atoms with Gasteiger partial charge in [0.15, 0.2) is 11.0 Å². The summed E-state index contributed by atoms with van der Waals surface area (Å²) in [7, 11) is 1.59. The zero-order chi connectivity index (χ0) is 28.4.